The number of carbonyl (C=O) groups is 8. The minimum absolute atomic E-state index is 0.0541. The molecule has 8 unspecified atom stereocenters. The summed E-state index contributed by atoms with van der Waals surface area (Å²) in [5.41, 5.74) is 5.67. The monoisotopic (exact) mass is 2170 g/mol. The second kappa shape index (κ2) is 57.8. The fourth-order valence-electron chi connectivity index (χ4n) is 12.5. The normalized spacial score (nSPS) is 23.8. The molecule has 8 heterocycles. The van der Waals surface area contributed by atoms with Gasteiger partial charge in [-0.2, -0.15) is 61.5 Å². The average Bonchev–Trinajstić information content (AvgIpc) is 1.74. The van der Waals surface area contributed by atoms with Crippen molar-refractivity contribution in [2.45, 2.75) is 301 Å². The van der Waals surface area contributed by atoms with Gasteiger partial charge in [0.15, 0.2) is 58.7 Å². The maximum atomic E-state index is 13.5. The Labute approximate surface area is 833 Å². The second-order valence-electron chi connectivity index (χ2n) is 35.9. The molecule has 2 aromatic rings. The fourth-order valence-corrected chi connectivity index (χ4v) is 14.6. The lowest BCUT2D eigenvalue weighted by Gasteiger charge is -2.34. The summed E-state index contributed by atoms with van der Waals surface area (Å²) in [7, 11) is -3.06. The SMILES string of the molecule is CCCC1(OC/C(F)=C(/F)C(F)(F)F)COC(=O)O1.CCCC1(OC/C=C(/F)C(F)(F)F)COC(=O)O1.CCCC1(OC/C=C/[Si](C)(C)C(C)(C)C)COC(=O)O1.CCCC1(OC/C=C\C(F)(F)F)COC(=O)O1.CCCC1(OCC#C[Si](C)(C)C(C)(C)C)COC(=O)O1.CCCC1(OCC=C(F)F)COC(=O)O1.CCCC1(Oc2c(F)c(F)c(F)c(F)c2F)COC(=O)O1.CCCC1(Oc2ccccc2)COC(=O)O1. The van der Waals surface area contributed by atoms with Gasteiger partial charge in [0, 0.05) is 63.5 Å². The van der Waals surface area contributed by atoms with Crippen molar-refractivity contribution >= 4 is 65.4 Å². The summed E-state index contributed by atoms with van der Waals surface area (Å²) in [6.45, 7) is 34.8. The molecule has 8 saturated heterocycles. The first-order valence-corrected chi connectivity index (χ1v) is 51.9. The molecule has 0 N–H and O–H groups in total. The molecule has 10 rings (SSSR count). The summed E-state index contributed by atoms with van der Waals surface area (Å²) >= 11 is 0. The molecule has 146 heavy (non-hydrogen) atoms. The Hall–Kier alpha value is -10.7. The van der Waals surface area contributed by atoms with Crippen molar-refractivity contribution in [1.29, 1.82) is 0 Å². The zero-order valence-electron chi connectivity index (χ0n) is 83.8. The van der Waals surface area contributed by atoms with E-state index in [-0.39, 0.29) is 103 Å². The lowest BCUT2D eigenvalue weighted by molar-refractivity contribution is -0.182. The van der Waals surface area contributed by atoms with Crippen LogP contribution in [0.1, 0.15) is 200 Å². The van der Waals surface area contributed by atoms with Crippen molar-refractivity contribution in [3.8, 4) is 23.0 Å². The van der Waals surface area contributed by atoms with Crippen molar-refractivity contribution in [2.24, 2.45) is 0 Å². The van der Waals surface area contributed by atoms with Gasteiger partial charge in [0.1, 0.15) is 27.0 Å². The third kappa shape index (κ3) is 43.3. The van der Waals surface area contributed by atoms with E-state index in [9.17, 15) is 122 Å². The van der Waals surface area contributed by atoms with E-state index >= 15 is 0 Å². The number of hydrogen-bond acceptors (Lipinski definition) is 32. The van der Waals surface area contributed by atoms with Crippen molar-refractivity contribution in [2.75, 3.05) is 92.5 Å². The smallest absolute Gasteiger partial charge is 0.449 e. The van der Waals surface area contributed by atoms with Gasteiger partial charge in [0.05, 0.1) is 34.5 Å². The first kappa shape index (κ1) is 129. The van der Waals surface area contributed by atoms with Crippen LogP contribution in [0.15, 0.2) is 90.0 Å². The molecule has 0 radical (unpaired) electrons. The molecule has 0 bridgehead atoms. The van der Waals surface area contributed by atoms with Crippen LogP contribution in [-0.4, -0.2) is 223 Å². The van der Waals surface area contributed by atoms with Gasteiger partial charge >= 0.3 is 67.8 Å². The van der Waals surface area contributed by atoms with Crippen molar-refractivity contribution < 1.29 is 235 Å². The van der Waals surface area contributed by atoms with Crippen LogP contribution in [0.2, 0.25) is 36.3 Å². The van der Waals surface area contributed by atoms with Gasteiger partial charge in [0.2, 0.25) is 46.5 Å². The predicted molar refractivity (Wildman–Crippen MR) is 478 cm³/mol. The molecule has 0 spiro atoms. The van der Waals surface area contributed by atoms with Gasteiger partial charge < -0.3 is 114 Å². The van der Waals surface area contributed by atoms with Crippen LogP contribution in [0.4, 0.5) is 122 Å². The van der Waals surface area contributed by atoms with E-state index in [1.54, 1.807) is 20.8 Å². The van der Waals surface area contributed by atoms with E-state index in [0.29, 0.717) is 87.7 Å². The molecule has 8 aliphatic rings. The molecule has 8 aliphatic heterocycles. The number of rotatable bonds is 38. The largest absolute Gasteiger partial charge is 0.512 e. The summed E-state index contributed by atoms with van der Waals surface area (Å²) in [5, 5.41) is 0.539. The molecular formula is C93H125F19O32Si2. The summed E-state index contributed by atoms with van der Waals surface area (Å²) in [6, 6.07) is 9.28. The zero-order chi connectivity index (χ0) is 111. The Morgan fingerprint density at radius 1 is 0.370 bits per heavy atom. The number of ether oxygens (including phenoxy) is 24. The average molecular weight is 2170 g/mol. The highest BCUT2D eigenvalue weighted by Gasteiger charge is 2.52. The van der Waals surface area contributed by atoms with Gasteiger partial charge in [-0.3, -0.25) is 0 Å². The zero-order valence-corrected chi connectivity index (χ0v) is 85.8. The predicted octanol–water partition coefficient (Wildman–Crippen LogP) is 25.8. The van der Waals surface area contributed by atoms with E-state index in [2.05, 4.69) is 124 Å². The summed E-state index contributed by atoms with van der Waals surface area (Å²) in [4.78, 5) is 87.3. The molecular weight excluding hydrogens is 2050 g/mol. The molecule has 2 aromatic carbocycles. The number of benzene rings is 2. The molecule has 8 atom stereocenters. The van der Waals surface area contributed by atoms with Gasteiger partial charge in [-0.05, 0) is 79.7 Å². The summed E-state index contributed by atoms with van der Waals surface area (Å²) < 4.78 is 352. The summed E-state index contributed by atoms with van der Waals surface area (Å²) in [5.74, 6) is -26.1. The molecule has 8 fully saturated rings. The molecule has 53 heteroatoms. The Kier molecular flexibility index (Phi) is 51.2. The van der Waals surface area contributed by atoms with Crippen LogP contribution in [0, 0.1) is 40.6 Å². The quantitative estimate of drug-likeness (QED) is 0.00880. The van der Waals surface area contributed by atoms with Gasteiger partial charge in [-0.1, -0.05) is 165 Å². The lowest BCUT2D eigenvalue weighted by atomic mass is 10.1. The van der Waals surface area contributed by atoms with Crippen molar-refractivity contribution in [3.63, 3.8) is 0 Å². The second-order valence-corrected chi connectivity index (χ2v) is 46.2. The number of hydrogen-bond donors (Lipinski definition) is 0. The molecule has 0 aliphatic carbocycles. The third-order valence-corrected chi connectivity index (χ3v) is 31.2. The maximum Gasteiger partial charge on any atom is 0.512 e. The Bertz CT molecular complexity index is 4740. The Balaban J connectivity index is 0.000000429. The number of alkyl halides is 9. The fraction of sp³-hybridized carbons (Fsp3) is 0.656. The van der Waals surface area contributed by atoms with Crippen molar-refractivity contribution in [3.05, 3.63) is 119 Å². The van der Waals surface area contributed by atoms with E-state index < -0.39 is 208 Å². The van der Waals surface area contributed by atoms with Gasteiger partial charge in [0.25, 0.3) is 52.4 Å². The number of halogens is 19. The van der Waals surface area contributed by atoms with Crippen LogP contribution >= 0.6 is 0 Å². The van der Waals surface area contributed by atoms with Crippen LogP contribution in [0.5, 0.6) is 11.5 Å². The highest BCUT2D eigenvalue weighted by molar-refractivity contribution is 6.87. The molecule has 0 amide bonds. The van der Waals surface area contributed by atoms with Crippen molar-refractivity contribution in [1.82, 2.24) is 0 Å². The molecule has 830 valence electrons. The van der Waals surface area contributed by atoms with E-state index in [1.165, 1.54) is 0 Å². The first-order valence-electron chi connectivity index (χ1n) is 45.8. The maximum absolute atomic E-state index is 13.5. The first-order chi connectivity index (χ1) is 67.7. The van der Waals surface area contributed by atoms with Crippen LogP contribution in [0.3, 0.4) is 0 Å². The highest BCUT2D eigenvalue weighted by atomic mass is 28.3. The van der Waals surface area contributed by atoms with Crippen LogP contribution in [0.25, 0.3) is 0 Å². The number of para-hydroxylation sites is 1. The summed E-state index contributed by atoms with van der Waals surface area (Å²) in [6.07, 6.45) is -11.5. The highest BCUT2D eigenvalue weighted by Crippen LogP contribution is 2.42. The van der Waals surface area contributed by atoms with Gasteiger partial charge in [-0.15, -0.1) is 5.54 Å². The van der Waals surface area contributed by atoms with E-state index in [4.69, 9.17) is 80.5 Å². The Morgan fingerprint density at radius 3 is 0.959 bits per heavy atom. The van der Waals surface area contributed by atoms with E-state index in [0.717, 1.165) is 25.3 Å². The number of allylic oxidation sites excluding steroid dienone is 3. The standard InChI is InChI=1S/C15H28O4Si.C15H26O4Si.C12H9F5O4.C12H14O4.C10H11F5O4.C10H12F4O4.C10H13F3O4.C9H12F2O4/c2*1-7-9-15(12-17-13(16)19-15)18-10-8-11-20(5,6)14(2,3)4;1-2-3-12(4-19-11(18)21-12)20-10-8(16)6(14)5(13)7(15)9(10)17;1-2-8-12(9-14-11(13)16-12)15-10-6-4-3-5-7-10;1-2-3-9(5-17-8(16)19-9)18-4-6(11)7(12)10(13,14)15;1-2-4-9(6-16-8(15)18-9)17-5-3-7(11)10(12,13)14;1-2-4-9(7-15-8(14)17-9)16-6-3-5-10(11,12)13;1-2-4-9(6-13-8(12)15-9)14-5-3-7(10)11/h8,11H,7,9-10,12H2,1-6H3;7,9-10,12H2,1-6H3;2-4H2,1H3;3-7H,2,8-9H2,1H3;2-5H2,1H3;3H,2,4-6H2,1H3;3,5H,2,4,6-7H2,1H3;3H,2,4-6H2,1H3/b11-8+;;;;7-6-;7-3+;5-3-;. The Morgan fingerprint density at radius 2 is 0.664 bits per heavy atom. The van der Waals surface area contributed by atoms with Gasteiger partial charge in [-0.25, -0.2) is 60.3 Å². The minimum Gasteiger partial charge on any atom is -0.449 e. The van der Waals surface area contributed by atoms with Crippen LogP contribution < -0.4 is 9.47 Å². The molecule has 0 aromatic heterocycles. The molecule has 0 saturated carbocycles. The minimum atomic E-state index is -5.42. The van der Waals surface area contributed by atoms with Crippen LogP contribution in [-0.2, 0) is 104 Å². The lowest BCUT2D eigenvalue weighted by Crippen LogP contribution is -2.39. The number of cyclic esters (lactones) is 16. The third-order valence-electron chi connectivity index (χ3n) is 21.7. The number of carbonyl (C=O) groups excluding carboxylic acids is 8. The molecule has 32 nitrogen and oxygen atoms in total. The topological polar surface area (TPSA) is 358 Å². The van der Waals surface area contributed by atoms with E-state index in [1.807, 2.05) is 65.0 Å².